The first-order valence-electron chi connectivity index (χ1n) is 9.13. The Morgan fingerprint density at radius 3 is 2.10 bits per heavy atom. The van der Waals surface area contributed by atoms with E-state index in [0.29, 0.717) is 17.7 Å². The number of amides is 1. The van der Waals surface area contributed by atoms with Crippen molar-refractivity contribution in [3.8, 4) is 0 Å². The second-order valence-electron chi connectivity index (χ2n) is 6.98. The first-order chi connectivity index (χ1) is 14.4. The predicted molar refractivity (Wildman–Crippen MR) is 104 cm³/mol. The van der Waals surface area contributed by atoms with Crippen LogP contribution < -0.4 is 0 Å². The summed E-state index contributed by atoms with van der Waals surface area (Å²) in [6.07, 6.45) is -4.56. The quantitative estimate of drug-likeness (QED) is 0.519. The number of carbonyl (C=O) groups excluding carboxylic acids is 1. The Bertz CT molecular complexity index is 1110. The lowest BCUT2D eigenvalue weighted by atomic mass is 10.1. The van der Waals surface area contributed by atoms with Crippen LogP contribution in [0.1, 0.15) is 21.5 Å². The van der Waals surface area contributed by atoms with E-state index in [1.165, 1.54) is 30.0 Å². The zero-order valence-corrected chi connectivity index (χ0v) is 17.1. The molecule has 1 amide bonds. The number of rotatable bonds is 4. The molecule has 2 aromatic rings. The van der Waals surface area contributed by atoms with Crippen LogP contribution in [0, 0.1) is 17.0 Å². The molecule has 0 radical (unpaired) electrons. The van der Waals surface area contributed by atoms with Crippen LogP contribution in [-0.4, -0.2) is 54.6 Å². The van der Waals surface area contributed by atoms with Crippen molar-refractivity contribution in [3.05, 3.63) is 69.3 Å². The van der Waals surface area contributed by atoms with Gasteiger partial charge in [-0.05, 0) is 43.3 Å². The SMILES string of the molecule is Cc1cc(C(=O)N2CCN(S(=O)(=O)c3ccc(C(F)(F)F)cc3)CC2)ccc1[N+](=O)[O-]. The maximum absolute atomic E-state index is 12.7. The van der Waals surface area contributed by atoms with Crippen LogP contribution in [0.5, 0.6) is 0 Å². The molecule has 8 nitrogen and oxygen atoms in total. The topological polar surface area (TPSA) is 101 Å². The molecule has 31 heavy (non-hydrogen) atoms. The number of nitro benzene ring substituents is 1. The molecule has 0 spiro atoms. The zero-order chi connectivity index (χ0) is 23.0. The van der Waals surface area contributed by atoms with Gasteiger partial charge in [-0.3, -0.25) is 14.9 Å². The average Bonchev–Trinajstić information content (AvgIpc) is 2.72. The minimum Gasteiger partial charge on any atom is -0.336 e. The van der Waals surface area contributed by atoms with Gasteiger partial charge in [0.05, 0.1) is 15.4 Å². The van der Waals surface area contributed by atoms with Crippen molar-refractivity contribution in [2.45, 2.75) is 18.0 Å². The highest BCUT2D eigenvalue weighted by Gasteiger charge is 2.33. The number of benzene rings is 2. The molecule has 0 atom stereocenters. The summed E-state index contributed by atoms with van der Waals surface area (Å²) >= 11 is 0. The summed E-state index contributed by atoms with van der Waals surface area (Å²) in [5, 5.41) is 10.9. The molecule has 0 aromatic heterocycles. The van der Waals surface area contributed by atoms with E-state index in [9.17, 15) is 36.5 Å². The first-order valence-corrected chi connectivity index (χ1v) is 10.6. The number of carbonyl (C=O) groups is 1. The van der Waals surface area contributed by atoms with E-state index in [-0.39, 0.29) is 48.2 Å². The van der Waals surface area contributed by atoms with Crippen molar-refractivity contribution in [3.63, 3.8) is 0 Å². The number of nitrogens with zero attached hydrogens (tertiary/aromatic N) is 3. The van der Waals surface area contributed by atoms with Crippen LogP contribution >= 0.6 is 0 Å². The standard InChI is InChI=1S/C19H18F3N3O5S/c1-13-12-14(2-7-17(13)25(27)28)18(26)23-8-10-24(11-9-23)31(29,30)16-5-3-15(4-6-16)19(20,21)22/h2-7,12H,8-11H2,1H3. The highest BCUT2D eigenvalue weighted by atomic mass is 32.2. The van der Waals surface area contributed by atoms with Crippen molar-refractivity contribution < 1.29 is 31.3 Å². The molecule has 1 heterocycles. The summed E-state index contributed by atoms with van der Waals surface area (Å²) in [5.74, 6) is -0.385. The van der Waals surface area contributed by atoms with Gasteiger partial charge in [0.2, 0.25) is 10.0 Å². The van der Waals surface area contributed by atoms with Gasteiger partial charge in [0.1, 0.15) is 0 Å². The van der Waals surface area contributed by atoms with Gasteiger partial charge in [-0.25, -0.2) is 8.42 Å². The fourth-order valence-electron chi connectivity index (χ4n) is 3.27. The lowest BCUT2D eigenvalue weighted by molar-refractivity contribution is -0.385. The number of halogens is 3. The summed E-state index contributed by atoms with van der Waals surface area (Å²) < 4.78 is 64.6. The van der Waals surface area contributed by atoms with E-state index in [4.69, 9.17) is 0 Å². The summed E-state index contributed by atoms with van der Waals surface area (Å²) in [5.41, 5.74) is -0.467. The molecule has 0 unspecified atom stereocenters. The summed E-state index contributed by atoms with van der Waals surface area (Å²) in [7, 11) is -4.01. The monoisotopic (exact) mass is 457 g/mol. The van der Waals surface area contributed by atoms with Gasteiger partial charge >= 0.3 is 6.18 Å². The third kappa shape index (κ3) is 4.69. The zero-order valence-electron chi connectivity index (χ0n) is 16.3. The largest absolute Gasteiger partial charge is 0.416 e. The lowest BCUT2D eigenvalue weighted by Crippen LogP contribution is -2.50. The van der Waals surface area contributed by atoms with Crippen LogP contribution in [0.3, 0.4) is 0 Å². The Labute approximate surface area is 176 Å². The maximum atomic E-state index is 12.7. The molecule has 0 N–H and O–H groups in total. The van der Waals surface area contributed by atoms with Gasteiger partial charge in [0.25, 0.3) is 11.6 Å². The molecule has 1 aliphatic rings. The Hall–Kier alpha value is -2.99. The van der Waals surface area contributed by atoms with Crippen LogP contribution in [0.4, 0.5) is 18.9 Å². The Balaban J connectivity index is 1.69. The Morgan fingerprint density at radius 2 is 1.61 bits per heavy atom. The molecule has 2 aromatic carbocycles. The first kappa shape index (κ1) is 22.7. The maximum Gasteiger partial charge on any atom is 0.416 e. The van der Waals surface area contributed by atoms with Crippen LogP contribution in [0.15, 0.2) is 47.4 Å². The van der Waals surface area contributed by atoms with Crippen molar-refractivity contribution >= 4 is 21.6 Å². The van der Waals surface area contributed by atoms with Gasteiger partial charge in [0, 0.05) is 43.4 Å². The molecule has 0 aliphatic carbocycles. The molecule has 0 bridgehead atoms. The van der Waals surface area contributed by atoms with Crippen LogP contribution in [0.25, 0.3) is 0 Å². The predicted octanol–water partition coefficient (Wildman–Crippen LogP) is 3.07. The fraction of sp³-hybridized carbons (Fsp3) is 0.316. The van der Waals surface area contributed by atoms with E-state index in [0.717, 1.165) is 16.4 Å². The molecule has 0 saturated carbocycles. The van der Waals surface area contributed by atoms with Crippen LogP contribution in [-0.2, 0) is 16.2 Å². The van der Waals surface area contributed by atoms with E-state index in [1.54, 1.807) is 0 Å². The van der Waals surface area contributed by atoms with E-state index < -0.39 is 26.7 Å². The van der Waals surface area contributed by atoms with Crippen molar-refractivity contribution in [1.29, 1.82) is 0 Å². The second kappa shape index (κ2) is 8.27. The number of nitro groups is 1. The third-order valence-electron chi connectivity index (χ3n) is 4.99. The van der Waals surface area contributed by atoms with Crippen molar-refractivity contribution in [2.75, 3.05) is 26.2 Å². The molecular weight excluding hydrogens is 439 g/mol. The highest BCUT2D eigenvalue weighted by Crippen LogP contribution is 2.30. The number of hydrogen-bond acceptors (Lipinski definition) is 5. The average molecular weight is 457 g/mol. The van der Waals surface area contributed by atoms with Gasteiger partial charge in [0.15, 0.2) is 0 Å². The Kier molecular flexibility index (Phi) is 6.05. The molecule has 3 rings (SSSR count). The molecule has 1 fully saturated rings. The molecule has 1 aliphatic heterocycles. The van der Waals surface area contributed by atoms with Gasteiger partial charge in [-0.1, -0.05) is 0 Å². The minimum atomic E-state index is -4.56. The number of hydrogen-bond donors (Lipinski definition) is 0. The molecule has 166 valence electrons. The molecular formula is C19H18F3N3O5S. The van der Waals surface area contributed by atoms with Gasteiger partial charge in [-0.15, -0.1) is 0 Å². The van der Waals surface area contributed by atoms with E-state index in [1.807, 2.05) is 0 Å². The number of alkyl halides is 3. The second-order valence-corrected chi connectivity index (χ2v) is 8.91. The molecule has 1 saturated heterocycles. The summed E-state index contributed by atoms with van der Waals surface area (Å²) in [4.78, 5) is 24.2. The van der Waals surface area contributed by atoms with Crippen molar-refractivity contribution in [2.24, 2.45) is 0 Å². The molecule has 12 heteroatoms. The minimum absolute atomic E-state index is 0.0267. The van der Waals surface area contributed by atoms with Crippen LogP contribution in [0.2, 0.25) is 0 Å². The number of aryl methyl sites for hydroxylation is 1. The van der Waals surface area contributed by atoms with Gasteiger partial charge in [-0.2, -0.15) is 17.5 Å². The normalized spacial score (nSPS) is 15.7. The number of piperazine rings is 1. The number of sulfonamides is 1. The van der Waals surface area contributed by atoms with E-state index >= 15 is 0 Å². The summed E-state index contributed by atoms with van der Waals surface area (Å²) in [6, 6.07) is 7.25. The van der Waals surface area contributed by atoms with E-state index in [2.05, 4.69) is 0 Å². The lowest BCUT2D eigenvalue weighted by Gasteiger charge is -2.34. The fourth-order valence-corrected chi connectivity index (χ4v) is 4.69. The summed E-state index contributed by atoms with van der Waals surface area (Å²) in [6.45, 7) is 1.62. The highest BCUT2D eigenvalue weighted by molar-refractivity contribution is 7.89. The third-order valence-corrected chi connectivity index (χ3v) is 6.90. The van der Waals surface area contributed by atoms with Crippen molar-refractivity contribution in [1.82, 2.24) is 9.21 Å². The Morgan fingerprint density at radius 1 is 1.03 bits per heavy atom. The smallest absolute Gasteiger partial charge is 0.336 e. The van der Waals surface area contributed by atoms with Gasteiger partial charge < -0.3 is 4.90 Å².